The van der Waals surface area contributed by atoms with Gasteiger partial charge in [-0.1, -0.05) is 24.3 Å². The Bertz CT molecular complexity index is 961. The number of aromatic nitrogens is 2. The summed E-state index contributed by atoms with van der Waals surface area (Å²) < 4.78 is 13.3. The normalized spacial score (nSPS) is 13.0. The van der Waals surface area contributed by atoms with Gasteiger partial charge in [0, 0.05) is 23.8 Å². The highest BCUT2D eigenvalue weighted by Crippen LogP contribution is 2.34. The van der Waals surface area contributed by atoms with Gasteiger partial charge in [-0.2, -0.15) is 0 Å². The van der Waals surface area contributed by atoms with E-state index in [-0.39, 0.29) is 12.2 Å². The van der Waals surface area contributed by atoms with E-state index in [1.807, 2.05) is 24.3 Å². The summed E-state index contributed by atoms with van der Waals surface area (Å²) in [7, 11) is 0. The van der Waals surface area contributed by atoms with E-state index in [0.29, 0.717) is 23.8 Å². The summed E-state index contributed by atoms with van der Waals surface area (Å²) in [6.07, 6.45) is 1.38. The van der Waals surface area contributed by atoms with Crippen LogP contribution in [0.15, 0.2) is 60.8 Å². The monoisotopic (exact) mass is 380 g/mol. The molecule has 0 spiro atoms. The third-order valence-corrected chi connectivity index (χ3v) is 4.65. The van der Waals surface area contributed by atoms with E-state index in [1.165, 1.54) is 12.1 Å². The summed E-state index contributed by atoms with van der Waals surface area (Å²) in [5.74, 6) is -1.01. The van der Waals surface area contributed by atoms with Crippen LogP contribution in [0.25, 0.3) is 0 Å². The Labute approximate surface area is 162 Å². The van der Waals surface area contributed by atoms with Gasteiger partial charge in [0.15, 0.2) is 0 Å². The number of rotatable bonds is 7. The average Bonchev–Trinajstić information content (AvgIpc) is 2.68. The number of halogens is 1. The average molecular weight is 380 g/mol. The van der Waals surface area contributed by atoms with Gasteiger partial charge in [-0.15, -0.1) is 0 Å². The molecular formula is C21H21FN4O2. The van der Waals surface area contributed by atoms with Crippen molar-refractivity contribution >= 4 is 17.6 Å². The molecule has 144 valence electrons. The highest BCUT2D eigenvalue weighted by Gasteiger charge is 2.33. The minimum Gasteiger partial charge on any atom is -0.481 e. The largest absolute Gasteiger partial charge is 0.481 e. The molecule has 1 unspecified atom stereocenters. The molecule has 3 aromatic rings. The fraction of sp³-hybridized carbons (Fsp3) is 0.190. The van der Waals surface area contributed by atoms with Crippen molar-refractivity contribution in [3.8, 4) is 0 Å². The maximum atomic E-state index is 13.3. The van der Waals surface area contributed by atoms with E-state index in [0.717, 1.165) is 11.3 Å². The molecule has 0 saturated carbocycles. The van der Waals surface area contributed by atoms with Crippen molar-refractivity contribution in [2.45, 2.75) is 25.3 Å². The highest BCUT2D eigenvalue weighted by molar-refractivity contribution is 5.70. The fourth-order valence-corrected chi connectivity index (χ4v) is 3.04. The smallest absolute Gasteiger partial charge is 0.304 e. The van der Waals surface area contributed by atoms with Crippen molar-refractivity contribution in [3.05, 3.63) is 83.4 Å². The molecule has 0 bridgehead atoms. The number of aliphatic carboxylic acids is 1. The molecule has 0 aliphatic heterocycles. The Balaban J connectivity index is 1.95. The minimum atomic E-state index is -0.975. The van der Waals surface area contributed by atoms with Crippen LogP contribution in [0.5, 0.6) is 0 Å². The van der Waals surface area contributed by atoms with Crippen LogP contribution >= 0.6 is 0 Å². The molecule has 0 radical (unpaired) electrons. The number of nitrogens with two attached hydrogens (primary N) is 1. The van der Waals surface area contributed by atoms with Gasteiger partial charge in [0.1, 0.15) is 5.82 Å². The molecule has 4 N–H and O–H groups in total. The molecule has 7 heteroatoms. The van der Waals surface area contributed by atoms with Gasteiger partial charge < -0.3 is 16.2 Å². The number of carbonyl (C=O) groups is 1. The predicted molar refractivity (Wildman–Crippen MR) is 105 cm³/mol. The van der Waals surface area contributed by atoms with Gasteiger partial charge in [0.2, 0.25) is 5.95 Å². The summed E-state index contributed by atoms with van der Waals surface area (Å²) in [6, 6.07) is 15.0. The standard InChI is InChI=1S/C21H21FN4O2/c1-21(12-19(27)28,15-4-6-16(22)7-5-15)18-10-11-24-20(26-18)25-17-8-2-14(13-23)3-9-17/h2-11H,12-13,23H2,1H3,(H,27,28)(H,24,25,26). The predicted octanol–water partition coefficient (Wildman–Crippen LogP) is 3.60. The second-order valence-corrected chi connectivity index (χ2v) is 6.70. The summed E-state index contributed by atoms with van der Waals surface area (Å²) >= 11 is 0. The van der Waals surface area contributed by atoms with Crippen LogP contribution in [-0.4, -0.2) is 21.0 Å². The lowest BCUT2D eigenvalue weighted by molar-refractivity contribution is -0.138. The van der Waals surface area contributed by atoms with Crippen molar-refractivity contribution in [2.24, 2.45) is 5.73 Å². The molecule has 0 aliphatic rings. The minimum absolute atomic E-state index is 0.194. The number of benzene rings is 2. The second kappa shape index (κ2) is 8.14. The molecule has 1 heterocycles. The van der Waals surface area contributed by atoms with E-state index < -0.39 is 11.4 Å². The number of carboxylic acid groups (broad SMARTS) is 1. The van der Waals surface area contributed by atoms with Crippen molar-refractivity contribution in [3.63, 3.8) is 0 Å². The quantitative estimate of drug-likeness (QED) is 0.579. The molecule has 0 fully saturated rings. The van der Waals surface area contributed by atoms with Crippen molar-refractivity contribution in [2.75, 3.05) is 5.32 Å². The van der Waals surface area contributed by atoms with Gasteiger partial charge in [-0.3, -0.25) is 4.79 Å². The van der Waals surface area contributed by atoms with Crippen LogP contribution in [0.4, 0.5) is 16.0 Å². The zero-order valence-electron chi connectivity index (χ0n) is 15.4. The van der Waals surface area contributed by atoms with Gasteiger partial charge in [0.05, 0.1) is 12.1 Å². The Morgan fingerprint density at radius 3 is 2.43 bits per heavy atom. The van der Waals surface area contributed by atoms with Crippen LogP contribution in [0, 0.1) is 5.82 Å². The molecule has 0 amide bonds. The van der Waals surface area contributed by atoms with E-state index >= 15 is 0 Å². The molecule has 3 rings (SSSR count). The molecule has 28 heavy (non-hydrogen) atoms. The Morgan fingerprint density at radius 2 is 1.82 bits per heavy atom. The van der Waals surface area contributed by atoms with Crippen molar-refractivity contribution in [1.82, 2.24) is 9.97 Å². The first-order valence-corrected chi connectivity index (χ1v) is 8.78. The number of hydrogen-bond acceptors (Lipinski definition) is 5. The third-order valence-electron chi connectivity index (χ3n) is 4.65. The Kier molecular flexibility index (Phi) is 5.65. The zero-order valence-corrected chi connectivity index (χ0v) is 15.4. The van der Waals surface area contributed by atoms with Crippen LogP contribution in [0.3, 0.4) is 0 Å². The molecule has 2 aromatic carbocycles. The summed E-state index contributed by atoms with van der Waals surface area (Å²) in [6.45, 7) is 2.23. The van der Waals surface area contributed by atoms with E-state index in [2.05, 4.69) is 15.3 Å². The number of nitrogens with zero attached hydrogens (tertiary/aromatic N) is 2. The summed E-state index contributed by atoms with van der Waals surface area (Å²) in [5.41, 5.74) is 7.64. The summed E-state index contributed by atoms with van der Waals surface area (Å²) in [4.78, 5) is 20.3. The van der Waals surface area contributed by atoms with Crippen LogP contribution < -0.4 is 11.1 Å². The molecule has 1 aromatic heterocycles. The topological polar surface area (TPSA) is 101 Å². The molecule has 1 atom stereocenters. The first kappa shape index (κ1) is 19.4. The molecule has 6 nitrogen and oxygen atoms in total. The number of anilines is 2. The van der Waals surface area contributed by atoms with E-state index in [1.54, 1.807) is 31.3 Å². The first-order chi connectivity index (χ1) is 13.4. The van der Waals surface area contributed by atoms with Crippen LogP contribution in [-0.2, 0) is 16.8 Å². The second-order valence-electron chi connectivity index (χ2n) is 6.70. The van der Waals surface area contributed by atoms with Crippen LogP contribution in [0.1, 0.15) is 30.2 Å². The fourth-order valence-electron chi connectivity index (χ4n) is 3.04. The maximum Gasteiger partial charge on any atom is 0.304 e. The third kappa shape index (κ3) is 4.32. The maximum absolute atomic E-state index is 13.3. The molecule has 0 aliphatic carbocycles. The molecular weight excluding hydrogens is 359 g/mol. The number of nitrogens with one attached hydrogen (secondary N) is 1. The van der Waals surface area contributed by atoms with Crippen LogP contribution in [0.2, 0.25) is 0 Å². The first-order valence-electron chi connectivity index (χ1n) is 8.78. The van der Waals surface area contributed by atoms with Crippen molar-refractivity contribution in [1.29, 1.82) is 0 Å². The lowest BCUT2D eigenvalue weighted by atomic mass is 9.76. The van der Waals surface area contributed by atoms with E-state index in [9.17, 15) is 14.3 Å². The highest BCUT2D eigenvalue weighted by atomic mass is 19.1. The van der Waals surface area contributed by atoms with Gasteiger partial charge >= 0.3 is 5.97 Å². The molecule has 0 saturated heterocycles. The van der Waals surface area contributed by atoms with E-state index in [4.69, 9.17) is 5.73 Å². The Morgan fingerprint density at radius 1 is 1.14 bits per heavy atom. The van der Waals surface area contributed by atoms with Gasteiger partial charge in [-0.05, 0) is 48.4 Å². The zero-order chi connectivity index (χ0) is 20.1. The van der Waals surface area contributed by atoms with Gasteiger partial charge in [0.25, 0.3) is 0 Å². The lowest BCUT2D eigenvalue weighted by Gasteiger charge is -2.28. The van der Waals surface area contributed by atoms with Gasteiger partial charge in [-0.25, -0.2) is 14.4 Å². The SMILES string of the molecule is CC(CC(=O)O)(c1ccc(F)cc1)c1ccnc(Nc2ccc(CN)cc2)n1. The number of hydrogen-bond donors (Lipinski definition) is 3. The number of carboxylic acids is 1. The summed E-state index contributed by atoms with van der Waals surface area (Å²) in [5, 5.41) is 12.5. The lowest BCUT2D eigenvalue weighted by Crippen LogP contribution is -2.29. The van der Waals surface area contributed by atoms with Crippen molar-refractivity contribution < 1.29 is 14.3 Å². The Hall–Kier alpha value is -3.32.